The Labute approximate surface area is 140 Å². The summed E-state index contributed by atoms with van der Waals surface area (Å²) in [5, 5.41) is 3.25. The van der Waals surface area contributed by atoms with Gasteiger partial charge in [0.25, 0.3) is 5.91 Å². The highest BCUT2D eigenvalue weighted by Crippen LogP contribution is 2.52. The van der Waals surface area contributed by atoms with Gasteiger partial charge in [0.1, 0.15) is 5.54 Å². The molecule has 116 valence electrons. The lowest BCUT2D eigenvalue weighted by molar-refractivity contribution is 0.0940. The van der Waals surface area contributed by atoms with E-state index in [1.54, 1.807) is 6.20 Å². The van der Waals surface area contributed by atoms with E-state index in [0.717, 1.165) is 12.1 Å². The van der Waals surface area contributed by atoms with Crippen LogP contribution in [0.3, 0.4) is 0 Å². The van der Waals surface area contributed by atoms with E-state index in [9.17, 15) is 4.79 Å². The van der Waals surface area contributed by atoms with Crippen molar-refractivity contribution in [3.05, 3.63) is 101 Å². The van der Waals surface area contributed by atoms with Crippen LogP contribution in [0.25, 0.3) is 0 Å². The maximum atomic E-state index is 12.5. The number of nitrogens with one attached hydrogen (secondary N) is 1. The number of aromatic nitrogens is 1. The Morgan fingerprint density at radius 3 is 2.62 bits per heavy atom. The zero-order chi connectivity index (χ0) is 16.1. The van der Waals surface area contributed by atoms with E-state index in [4.69, 9.17) is 0 Å². The molecule has 0 fully saturated rings. The molecule has 1 aliphatic heterocycles. The summed E-state index contributed by atoms with van der Waals surface area (Å²) >= 11 is 0. The molecule has 2 heterocycles. The minimum atomic E-state index is -0.509. The Morgan fingerprint density at radius 1 is 0.958 bits per heavy atom. The zero-order valence-electron chi connectivity index (χ0n) is 13.1. The van der Waals surface area contributed by atoms with E-state index in [0.29, 0.717) is 5.56 Å². The first-order valence-electron chi connectivity index (χ1n) is 8.22. The molecule has 5 rings (SSSR count). The van der Waals surface area contributed by atoms with E-state index >= 15 is 0 Å². The first-order valence-corrected chi connectivity index (χ1v) is 8.22. The number of hydrogen-bond acceptors (Lipinski definition) is 2. The molecule has 1 amide bonds. The van der Waals surface area contributed by atoms with Crippen molar-refractivity contribution in [2.75, 3.05) is 0 Å². The van der Waals surface area contributed by atoms with E-state index < -0.39 is 5.54 Å². The van der Waals surface area contributed by atoms with Gasteiger partial charge in [-0.2, -0.15) is 0 Å². The highest BCUT2D eigenvalue weighted by Gasteiger charge is 2.52. The molecule has 1 N–H and O–H groups in total. The number of hydrogen-bond donors (Lipinski definition) is 1. The number of amides is 1. The van der Waals surface area contributed by atoms with Crippen molar-refractivity contribution < 1.29 is 4.79 Å². The van der Waals surface area contributed by atoms with Crippen LogP contribution in [0.15, 0.2) is 72.9 Å². The van der Waals surface area contributed by atoms with Crippen molar-refractivity contribution in [3.8, 4) is 0 Å². The summed E-state index contributed by atoms with van der Waals surface area (Å²) in [6.45, 7) is 0. The lowest BCUT2D eigenvalue weighted by atomic mass is 9.89. The predicted molar refractivity (Wildman–Crippen MR) is 91.8 cm³/mol. The smallest absolute Gasteiger partial charge is 0.254 e. The molecule has 1 aromatic heterocycles. The molecule has 0 radical (unpaired) electrons. The number of carbonyl (C=O) groups excluding carboxylic acids is 1. The third kappa shape index (κ3) is 1.67. The maximum Gasteiger partial charge on any atom is 0.254 e. The highest BCUT2D eigenvalue weighted by molar-refractivity contribution is 6.00. The van der Waals surface area contributed by atoms with Crippen LogP contribution in [0, 0.1) is 0 Å². The Kier molecular flexibility index (Phi) is 2.69. The molecule has 0 bridgehead atoms. The number of nitrogens with zero attached hydrogens (tertiary/aromatic N) is 1. The van der Waals surface area contributed by atoms with E-state index in [-0.39, 0.29) is 11.8 Å². The molecule has 2 aromatic carbocycles. The van der Waals surface area contributed by atoms with Crippen LogP contribution in [-0.4, -0.2) is 10.9 Å². The quantitative estimate of drug-likeness (QED) is 0.697. The van der Waals surface area contributed by atoms with Crippen LogP contribution in [0.1, 0.15) is 45.1 Å². The largest absolute Gasteiger partial charge is 0.337 e. The summed E-state index contributed by atoms with van der Waals surface area (Å²) in [6, 6.07) is 22.6. The maximum absolute atomic E-state index is 12.5. The van der Waals surface area contributed by atoms with Crippen LogP contribution in [0.2, 0.25) is 0 Å². The van der Waals surface area contributed by atoms with Crippen molar-refractivity contribution >= 4 is 5.91 Å². The first-order chi connectivity index (χ1) is 11.8. The van der Waals surface area contributed by atoms with Gasteiger partial charge in [0, 0.05) is 12.1 Å². The fraction of sp³-hybridized carbons (Fsp3) is 0.143. The summed E-state index contributed by atoms with van der Waals surface area (Å²) < 4.78 is 0. The second-order valence-electron chi connectivity index (χ2n) is 6.51. The van der Waals surface area contributed by atoms with Gasteiger partial charge in [-0.1, -0.05) is 54.6 Å². The number of pyridine rings is 1. The first kappa shape index (κ1) is 13.5. The standard InChI is InChI=1S/C21H16N2O/c24-20-16-10-6-12-22-19(16)21(23-20)13-17(14-7-2-1-3-8-14)15-9-4-5-11-18(15)21/h1-12,17H,13H2,(H,23,24)/t17-,21+/m0/s1/i17+1. The van der Waals surface area contributed by atoms with Gasteiger partial charge in [0.15, 0.2) is 0 Å². The summed E-state index contributed by atoms with van der Waals surface area (Å²) in [4.78, 5) is 17.1. The molecule has 24 heavy (non-hydrogen) atoms. The molecule has 2 atom stereocenters. The van der Waals surface area contributed by atoms with E-state index in [1.807, 2.05) is 24.3 Å². The van der Waals surface area contributed by atoms with Crippen molar-refractivity contribution in [2.24, 2.45) is 0 Å². The highest BCUT2D eigenvalue weighted by atomic mass is 16.2. The average molecular weight is 313 g/mol. The van der Waals surface area contributed by atoms with Gasteiger partial charge < -0.3 is 5.32 Å². The minimum Gasteiger partial charge on any atom is -0.337 e. The van der Waals surface area contributed by atoms with Gasteiger partial charge in [-0.25, -0.2) is 0 Å². The molecule has 2 aliphatic rings. The minimum absolute atomic E-state index is 0.0263. The Morgan fingerprint density at radius 2 is 1.75 bits per heavy atom. The molecule has 1 aliphatic carbocycles. The van der Waals surface area contributed by atoms with Crippen LogP contribution in [0.5, 0.6) is 0 Å². The van der Waals surface area contributed by atoms with Gasteiger partial charge in [-0.05, 0) is 35.2 Å². The average Bonchev–Trinajstić information content (AvgIpc) is 3.13. The Balaban J connectivity index is 1.75. The lowest BCUT2D eigenvalue weighted by Crippen LogP contribution is -2.39. The topological polar surface area (TPSA) is 42.0 Å². The van der Waals surface area contributed by atoms with E-state index in [2.05, 4.69) is 52.8 Å². The van der Waals surface area contributed by atoms with Crippen LogP contribution in [-0.2, 0) is 5.54 Å². The molecule has 0 saturated heterocycles. The number of rotatable bonds is 1. The molecule has 0 unspecified atom stereocenters. The van der Waals surface area contributed by atoms with Crippen molar-refractivity contribution in [2.45, 2.75) is 17.9 Å². The van der Waals surface area contributed by atoms with Gasteiger partial charge in [0.2, 0.25) is 0 Å². The van der Waals surface area contributed by atoms with Crippen LogP contribution in [0.4, 0.5) is 0 Å². The fourth-order valence-corrected chi connectivity index (χ4v) is 4.29. The molecular formula is C21H16N2O. The predicted octanol–water partition coefficient (Wildman–Crippen LogP) is 3.60. The number of fused-ring (bicyclic) bond motifs is 4. The number of carbonyl (C=O) groups is 1. The van der Waals surface area contributed by atoms with Crippen molar-refractivity contribution in [1.29, 1.82) is 0 Å². The normalized spacial score (nSPS) is 23.8. The van der Waals surface area contributed by atoms with Crippen molar-refractivity contribution in [1.82, 2.24) is 10.3 Å². The third-order valence-corrected chi connectivity index (χ3v) is 5.29. The van der Waals surface area contributed by atoms with Crippen LogP contribution >= 0.6 is 0 Å². The third-order valence-electron chi connectivity index (χ3n) is 5.29. The van der Waals surface area contributed by atoms with Gasteiger partial charge >= 0.3 is 0 Å². The summed E-state index contributed by atoms with van der Waals surface area (Å²) in [5.41, 5.74) is 4.78. The molecule has 1 spiro atoms. The molecule has 3 heteroatoms. The SMILES string of the molecule is O=C1N[C@@]2(C[13C@@H](c3ccccc3)c3ccccc32)c2ncccc21. The Bertz CT molecular complexity index is 951. The summed E-state index contributed by atoms with van der Waals surface area (Å²) in [7, 11) is 0. The number of benzene rings is 2. The Hall–Kier alpha value is -2.94. The molecule has 3 nitrogen and oxygen atoms in total. The summed E-state index contributed by atoms with van der Waals surface area (Å²) in [6.07, 6.45) is 2.59. The lowest BCUT2D eigenvalue weighted by Gasteiger charge is -2.26. The zero-order valence-corrected chi connectivity index (χ0v) is 13.1. The monoisotopic (exact) mass is 313 g/mol. The van der Waals surface area contributed by atoms with Gasteiger partial charge in [0.05, 0.1) is 11.3 Å². The molecule has 3 aromatic rings. The van der Waals surface area contributed by atoms with Gasteiger partial charge in [-0.15, -0.1) is 0 Å². The van der Waals surface area contributed by atoms with Gasteiger partial charge in [-0.3, -0.25) is 9.78 Å². The second-order valence-corrected chi connectivity index (χ2v) is 6.51. The summed E-state index contributed by atoms with van der Waals surface area (Å²) in [5.74, 6) is 0.234. The van der Waals surface area contributed by atoms with Crippen molar-refractivity contribution in [3.63, 3.8) is 0 Å². The molecule has 0 saturated carbocycles. The molecular weight excluding hydrogens is 297 g/mol. The second kappa shape index (κ2) is 4.78. The van der Waals surface area contributed by atoms with Crippen LogP contribution < -0.4 is 5.32 Å². The van der Waals surface area contributed by atoms with E-state index in [1.165, 1.54) is 16.7 Å². The fourth-order valence-electron chi connectivity index (χ4n) is 4.29.